The molecule has 0 spiro atoms. The summed E-state index contributed by atoms with van der Waals surface area (Å²) < 4.78 is 0. The quantitative estimate of drug-likeness (QED) is 0.859. The van der Waals surface area contributed by atoms with Gasteiger partial charge in [-0.1, -0.05) is 36.8 Å². The van der Waals surface area contributed by atoms with E-state index in [1.807, 2.05) is 0 Å². The van der Waals surface area contributed by atoms with Gasteiger partial charge in [0.15, 0.2) is 0 Å². The van der Waals surface area contributed by atoms with Crippen LogP contribution >= 0.6 is 0 Å². The Morgan fingerprint density at radius 2 is 1.94 bits per heavy atom. The van der Waals surface area contributed by atoms with Crippen molar-refractivity contribution < 1.29 is 0 Å². The number of rotatable bonds is 3. The molecule has 1 aliphatic rings. The molecule has 2 aromatic rings. The Hall–Kier alpha value is -1.54. The summed E-state index contributed by atoms with van der Waals surface area (Å²) in [6, 6.07) is 15.7. The molecule has 0 aromatic heterocycles. The minimum Gasteiger partial charge on any atom is -0.383 e. The first-order valence-corrected chi connectivity index (χ1v) is 6.88. The highest BCUT2D eigenvalue weighted by atomic mass is 15.0. The van der Waals surface area contributed by atoms with Gasteiger partial charge in [0.05, 0.1) is 0 Å². The lowest BCUT2D eigenvalue weighted by Gasteiger charge is -2.24. The zero-order valence-corrected chi connectivity index (χ0v) is 10.7. The van der Waals surface area contributed by atoms with E-state index in [1.165, 1.54) is 42.3 Å². The molecule has 1 aliphatic heterocycles. The Bertz CT molecular complexity index is 515. The Balaban J connectivity index is 1.66. The highest BCUT2D eigenvalue weighted by molar-refractivity contribution is 5.85. The first kappa shape index (κ1) is 11.5. The van der Waals surface area contributed by atoms with Gasteiger partial charge in [-0.25, -0.2) is 0 Å². The third-order valence-electron chi connectivity index (χ3n) is 3.71. The predicted octanol–water partition coefficient (Wildman–Crippen LogP) is 3.39. The maximum absolute atomic E-state index is 3.56. The van der Waals surface area contributed by atoms with E-state index in [1.54, 1.807) is 0 Å². The fraction of sp³-hybridized carbons (Fsp3) is 0.375. The molecule has 0 aliphatic carbocycles. The molecule has 2 heteroatoms. The van der Waals surface area contributed by atoms with E-state index in [2.05, 4.69) is 53.1 Å². The number of fused-ring (bicyclic) bond motifs is 1. The zero-order valence-electron chi connectivity index (χ0n) is 10.7. The van der Waals surface area contributed by atoms with Crippen molar-refractivity contribution in [1.29, 1.82) is 0 Å². The Kier molecular flexibility index (Phi) is 3.47. The van der Waals surface area contributed by atoms with E-state index < -0.39 is 0 Å². The highest BCUT2D eigenvalue weighted by Crippen LogP contribution is 2.19. The van der Waals surface area contributed by atoms with E-state index in [-0.39, 0.29) is 0 Å². The van der Waals surface area contributed by atoms with Gasteiger partial charge >= 0.3 is 0 Å². The summed E-state index contributed by atoms with van der Waals surface area (Å²) in [5.74, 6) is 0. The summed E-state index contributed by atoms with van der Waals surface area (Å²) in [6.07, 6.45) is 3.98. The van der Waals surface area contributed by atoms with Crippen molar-refractivity contribution in [1.82, 2.24) is 5.32 Å². The third-order valence-corrected chi connectivity index (χ3v) is 3.71. The number of benzene rings is 2. The van der Waals surface area contributed by atoms with Gasteiger partial charge in [0.25, 0.3) is 0 Å². The van der Waals surface area contributed by atoms with Crippen molar-refractivity contribution in [2.45, 2.75) is 25.3 Å². The number of anilines is 1. The molecule has 0 radical (unpaired) electrons. The molecule has 1 fully saturated rings. The normalized spacial score (nSPS) is 19.9. The summed E-state index contributed by atoms with van der Waals surface area (Å²) in [5.41, 5.74) is 1.22. The summed E-state index contributed by atoms with van der Waals surface area (Å²) in [4.78, 5) is 0. The lowest BCUT2D eigenvalue weighted by Crippen LogP contribution is -2.39. The van der Waals surface area contributed by atoms with Crippen LogP contribution in [0.5, 0.6) is 0 Å². The summed E-state index contributed by atoms with van der Waals surface area (Å²) in [6.45, 7) is 2.20. The van der Waals surface area contributed by atoms with Gasteiger partial charge in [-0.3, -0.25) is 0 Å². The molecule has 18 heavy (non-hydrogen) atoms. The highest BCUT2D eigenvalue weighted by Gasteiger charge is 2.11. The topological polar surface area (TPSA) is 24.1 Å². The maximum Gasteiger partial charge on any atom is 0.0347 e. The Morgan fingerprint density at radius 3 is 2.78 bits per heavy atom. The average molecular weight is 240 g/mol. The number of hydrogen-bond donors (Lipinski definition) is 2. The van der Waals surface area contributed by atoms with E-state index in [4.69, 9.17) is 0 Å². The van der Waals surface area contributed by atoms with Crippen LogP contribution in [0.25, 0.3) is 10.8 Å². The van der Waals surface area contributed by atoms with Gasteiger partial charge in [0.2, 0.25) is 0 Å². The molecule has 2 nitrogen and oxygen atoms in total. The van der Waals surface area contributed by atoms with Gasteiger partial charge in [-0.05, 0) is 42.3 Å². The van der Waals surface area contributed by atoms with Crippen LogP contribution in [0.3, 0.4) is 0 Å². The van der Waals surface area contributed by atoms with Crippen LogP contribution in [-0.2, 0) is 0 Å². The van der Waals surface area contributed by atoms with E-state index in [9.17, 15) is 0 Å². The molecule has 2 N–H and O–H groups in total. The first-order chi connectivity index (χ1) is 8.92. The summed E-state index contributed by atoms with van der Waals surface area (Å²) in [5, 5.41) is 9.72. The Morgan fingerprint density at radius 1 is 1.06 bits per heavy atom. The molecule has 94 valence electrons. The van der Waals surface area contributed by atoms with Gasteiger partial charge in [0, 0.05) is 18.3 Å². The van der Waals surface area contributed by atoms with Crippen molar-refractivity contribution in [3.63, 3.8) is 0 Å². The molecule has 1 atom stereocenters. The lowest BCUT2D eigenvalue weighted by atomic mass is 10.0. The van der Waals surface area contributed by atoms with Crippen LogP contribution in [0.2, 0.25) is 0 Å². The molecular weight excluding hydrogens is 220 g/mol. The van der Waals surface area contributed by atoms with Gasteiger partial charge < -0.3 is 10.6 Å². The van der Waals surface area contributed by atoms with Crippen molar-refractivity contribution in [3.8, 4) is 0 Å². The van der Waals surface area contributed by atoms with E-state index in [0.29, 0.717) is 6.04 Å². The standard InChI is InChI=1S/C16H20N2/c1-2-6-14-11-15(9-8-13(14)5-1)18-12-16-7-3-4-10-17-16/h1-2,5-6,8-9,11,16-18H,3-4,7,10,12H2. The van der Waals surface area contributed by atoms with Crippen LogP contribution in [0.15, 0.2) is 42.5 Å². The molecular formula is C16H20N2. The minimum atomic E-state index is 0.630. The van der Waals surface area contributed by atoms with Crippen molar-refractivity contribution in [3.05, 3.63) is 42.5 Å². The van der Waals surface area contributed by atoms with Crippen LogP contribution in [0, 0.1) is 0 Å². The summed E-state index contributed by atoms with van der Waals surface area (Å²) in [7, 11) is 0. The number of nitrogens with one attached hydrogen (secondary N) is 2. The van der Waals surface area contributed by atoms with Crippen LogP contribution in [0.4, 0.5) is 5.69 Å². The molecule has 0 saturated carbocycles. The molecule has 2 aromatic carbocycles. The molecule has 0 amide bonds. The van der Waals surface area contributed by atoms with Crippen molar-refractivity contribution >= 4 is 16.5 Å². The smallest absolute Gasteiger partial charge is 0.0347 e. The van der Waals surface area contributed by atoms with Crippen LogP contribution in [0.1, 0.15) is 19.3 Å². The van der Waals surface area contributed by atoms with E-state index in [0.717, 1.165) is 6.54 Å². The minimum absolute atomic E-state index is 0.630. The van der Waals surface area contributed by atoms with Gasteiger partial charge in [-0.2, -0.15) is 0 Å². The second-order valence-corrected chi connectivity index (χ2v) is 5.09. The maximum atomic E-state index is 3.56. The van der Waals surface area contributed by atoms with Crippen LogP contribution < -0.4 is 10.6 Å². The SMILES string of the molecule is c1ccc2cc(NCC3CCCCN3)ccc2c1. The van der Waals surface area contributed by atoms with Gasteiger partial charge in [-0.15, -0.1) is 0 Å². The monoisotopic (exact) mass is 240 g/mol. The second-order valence-electron chi connectivity index (χ2n) is 5.09. The second kappa shape index (κ2) is 5.40. The fourth-order valence-corrected chi connectivity index (χ4v) is 2.64. The third kappa shape index (κ3) is 2.65. The van der Waals surface area contributed by atoms with Gasteiger partial charge in [0.1, 0.15) is 0 Å². The summed E-state index contributed by atoms with van der Waals surface area (Å²) >= 11 is 0. The predicted molar refractivity (Wildman–Crippen MR) is 78.1 cm³/mol. The average Bonchev–Trinajstić information content (AvgIpc) is 2.46. The molecule has 1 saturated heterocycles. The van der Waals surface area contributed by atoms with Crippen molar-refractivity contribution in [2.75, 3.05) is 18.4 Å². The molecule has 3 rings (SSSR count). The van der Waals surface area contributed by atoms with E-state index >= 15 is 0 Å². The largest absolute Gasteiger partial charge is 0.383 e. The van der Waals surface area contributed by atoms with Crippen LogP contribution in [-0.4, -0.2) is 19.1 Å². The first-order valence-electron chi connectivity index (χ1n) is 6.88. The molecule has 1 heterocycles. The van der Waals surface area contributed by atoms with Crippen molar-refractivity contribution in [2.24, 2.45) is 0 Å². The fourth-order valence-electron chi connectivity index (χ4n) is 2.64. The molecule has 1 unspecified atom stereocenters. The number of hydrogen-bond acceptors (Lipinski definition) is 2. The Labute approximate surface area is 108 Å². The zero-order chi connectivity index (χ0) is 12.2. The number of piperidine rings is 1. The molecule has 0 bridgehead atoms. The lowest BCUT2D eigenvalue weighted by molar-refractivity contribution is 0.414.